The number of sulfone groups is 1. The van der Waals surface area contributed by atoms with Crippen molar-refractivity contribution in [2.75, 3.05) is 25.2 Å². The third kappa shape index (κ3) is 4.09. The second-order valence-electron chi connectivity index (χ2n) is 5.05. The molecule has 0 spiro atoms. The largest absolute Gasteiger partial charge is 0.497 e. The Kier molecular flexibility index (Phi) is 5.08. The number of benzene rings is 1. The van der Waals surface area contributed by atoms with Gasteiger partial charge >= 0.3 is 0 Å². The number of ether oxygens (including phenoxy) is 2. The van der Waals surface area contributed by atoms with Crippen molar-refractivity contribution >= 4 is 9.84 Å². The topological polar surface area (TPSA) is 84.9 Å². The minimum absolute atomic E-state index is 0.161. The van der Waals surface area contributed by atoms with Crippen LogP contribution < -0.4 is 14.8 Å². The van der Waals surface area contributed by atoms with Crippen LogP contribution in [0.2, 0.25) is 0 Å². The molecule has 1 fully saturated rings. The van der Waals surface area contributed by atoms with E-state index in [1.54, 1.807) is 13.2 Å². The number of methoxy groups -OCH3 is 1. The number of hydrogen-bond donors (Lipinski definition) is 2. The number of hydrogen-bond acceptors (Lipinski definition) is 6. The van der Waals surface area contributed by atoms with Crippen LogP contribution in [-0.4, -0.2) is 50.9 Å². The van der Waals surface area contributed by atoms with Crippen LogP contribution >= 0.6 is 0 Å². The van der Waals surface area contributed by atoms with Crippen LogP contribution in [0.5, 0.6) is 11.5 Å². The highest BCUT2D eigenvalue weighted by molar-refractivity contribution is 7.91. The summed E-state index contributed by atoms with van der Waals surface area (Å²) in [4.78, 5) is 0. The molecular weight excluding hydrogens is 294 g/mol. The highest BCUT2D eigenvalue weighted by atomic mass is 32.2. The summed E-state index contributed by atoms with van der Waals surface area (Å²) in [5.74, 6) is 0.757. The highest BCUT2D eigenvalue weighted by Gasteiger charge is 2.38. The van der Waals surface area contributed by atoms with E-state index in [4.69, 9.17) is 9.47 Å². The van der Waals surface area contributed by atoms with E-state index in [9.17, 15) is 13.5 Å². The zero-order chi connectivity index (χ0) is 15.5. The molecule has 0 amide bonds. The van der Waals surface area contributed by atoms with Crippen molar-refractivity contribution in [3.63, 3.8) is 0 Å². The summed E-state index contributed by atoms with van der Waals surface area (Å²) in [6, 6.07) is 5.40. The van der Waals surface area contributed by atoms with E-state index in [0.717, 1.165) is 12.1 Å². The second kappa shape index (κ2) is 6.64. The fraction of sp³-hybridized carbons (Fsp3) is 0.571. The average Bonchev–Trinajstić information content (AvgIpc) is 2.69. The first-order chi connectivity index (χ1) is 9.95. The van der Waals surface area contributed by atoms with Crippen LogP contribution in [0.3, 0.4) is 0 Å². The van der Waals surface area contributed by atoms with Crippen molar-refractivity contribution in [1.82, 2.24) is 5.32 Å². The van der Waals surface area contributed by atoms with Crippen molar-refractivity contribution in [1.29, 1.82) is 0 Å². The number of rotatable bonds is 6. The van der Waals surface area contributed by atoms with E-state index in [-0.39, 0.29) is 11.5 Å². The minimum atomic E-state index is -3.23. The molecule has 0 aliphatic carbocycles. The molecular formula is C14H21NO5S. The summed E-state index contributed by atoms with van der Waals surface area (Å²) in [5.41, 5.74) is 0.897. The Morgan fingerprint density at radius 3 is 2.71 bits per heavy atom. The van der Waals surface area contributed by atoms with Crippen LogP contribution in [-0.2, 0) is 16.4 Å². The Hall–Kier alpha value is -1.31. The first kappa shape index (κ1) is 16.1. The standard InChI is InChI=1S/C14H21NO5S/c1-3-15-7-10-4-5-11(19-2)6-13(10)20-14-9-21(17,18)8-12(14)16/h4-6,12,14-16H,3,7-9H2,1-2H3. The number of aliphatic hydroxyl groups excluding tert-OH is 1. The molecule has 2 N–H and O–H groups in total. The molecule has 0 bridgehead atoms. The lowest BCUT2D eigenvalue weighted by Gasteiger charge is -2.19. The third-order valence-corrected chi connectivity index (χ3v) is 5.08. The van der Waals surface area contributed by atoms with Gasteiger partial charge in [-0.15, -0.1) is 0 Å². The average molecular weight is 315 g/mol. The van der Waals surface area contributed by atoms with Crippen molar-refractivity contribution in [3.8, 4) is 11.5 Å². The first-order valence-electron chi connectivity index (χ1n) is 6.88. The summed E-state index contributed by atoms with van der Waals surface area (Å²) < 4.78 is 34.0. The molecule has 1 aliphatic rings. The molecule has 0 saturated carbocycles. The predicted molar refractivity (Wildman–Crippen MR) is 79.5 cm³/mol. The Morgan fingerprint density at radius 1 is 1.38 bits per heavy atom. The first-order valence-corrected chi connectivity index (χ1v) is 8.70. The van der Waals surface area contributed by atoms with E-state index in [0.29, 0.717) is 18.0 Å². The molecule has 2 unspecified atom stereocenters. The van der Waals surface area contributed by atoms with Crippen LogP contribution in [0.25, 0.3) is 0 Å². The summed E-state index contributed by atoms with van der Waals surface area (Å²) in [5, 5.41) is 13.0. The van der Waals surface area contributed by atoms with Crippen LogP contribution in [0.15, 0.2) is 18.2 Å². The van der Waals surface area contributed by atoms with Gasteiger partial charge in [-0.3, -0.25) is 0 Å². The molecule has 118 valence electrons. The van der Waals surface area contributed by atoms with Gasteiger partial charge in [-0.05, 0) is 12.6 Å². The van der Waals surface area contributed by atoms with Crippen LogP contribution in [0, 0.1) is 0 Å². The van der Waals surface area contributed by atoms with Gasteiger partial charge < -0.3 is 19.9 Å². The molecule has 2 rings (SSSR count). The minimum Gasteiger partial charge on any atom is -0.497 e. The van der Waals surface area contributed by atoms with Crippen LogP contribution in [0.1, 0.15) is 12.5 Å². The lowest BCUT2D eigenvalue weighted by Crippen LogP contribution is -2.30. The summed E-state index contributed by atoms with van der Waals surface area (Å²) in [6.45, 7) is 3.41. The predicted octanol–water partition coefficient (Wildman–Crippen LogP) is 0.341. The van der Waals surface area contributed by atoms with Crippen LogP contribution in [0.4, 0.5) is 0 Å². The molecule has 1 saturated heterocycles. The molecule has 6 nitrogen and oxygen atoms in total. The van der Waals surface area contributed by atoms with Gasteiger partial charge in [0.2, 0.25) is 0 Å². The molecule has 1 heterocycles. The Labute approximate surface area is 125 Å². The Balaban J connectivity index is 2.20. The van der Waals surface area contributed by atoms with E-state index in [1.807, 2.05) is 19.1 Å². The van der Waals surface area contributed by atoms with Crippen molar-refractivity contribution in [3.05, 3.63) is 23.8 Å². The van der Waals surface area contributed by atoms with Gasteiger partial charge in [-0.1, -0.05) is 13.0 Å². The zero-order valence-electron chi connectivity index (χ0n) is 12.2. The Bertz CT molecular complexity index is 587. The van der Waals surface area contributed by atoms with E-state index >= 15 is 0 Å². The summed E-state index contributed by atoms with van der Waals surface area (Å²) in [7, 11) is -1.68. The van der Waals surface area contributed by atoms with Gasteiger partial charge in [0.15, 0.2) is 9.84 Å². The van der Waals surface area contributed by atoms with Gasteiger partial charge in [-0.25, -0.2) is 8.42 Å². The van der Waals surface area contributed by atoms with Gasteiger partial charge in [-0.2, -0.15) is 0 Å². The molecule has 2 atom stereocenters. The van der Waals surface area contributed by atoms with E-state index < -0.39 is 22.0 Å². The maximum atomic E-state index is 11.5. The Morgan fingerprint density at radius 2 is 2.14 bits per heavy atom. The molecule has 1 aromatic carbocycles. The molecule has 1 aliphatic heterocycles. The van der Waals surface area contributed by atoms with E-state index in [1.165, 1.54) is 0 Å². The smallest absolute Gasteiger partial charge is 0.156 e. The van der Waals surface area contributed by atoms with Gasteiger partial charge in [0.25, 0.3) is 0 Å². The van der Waals surface area contributed by atoms with Gasteiger partial charge in [0.1, 0.15) is 23.7 Å². The summed E-state index contributed by atoms with van der Waals surface area (Å²) >= 11 is 0. The van der Waals surface area contributed by atoms with Gasteiger partial charge in [0.05, 0.1) is 18.6 Å². The maximum Gasteiger partial charge on any atom is 0.156 e. The lowest BCUT2D eigenvalue weighted by atomic mass is 10.1. The monoisotopic (exact) mass is 315 g/mol. The summed E-state index contributed by atoms with van der Waals surface area (Å²) in [6.07, 6.45) is -1.73. The zero-order valence-corrected chi connectivity index (χ0v) is 13.0. The highest BCUT2D eigenvalue weighted by Crippen LogP contribution is 2.28. The molecule has 0 radical (unpaired) electrons. The second-order valence-corrected chi connectivity index (χ2v) is 7.21. The van der Waals surface area contributed by atoms with Crippen molar-refractivity contribution < 1.29 is 23.0 Å². The third-order valence-electron chi connectivity index (χ3n) is 3.39. The SMILES string of the molecule is CCNCc1ccc(OC)cc1OC1CS(=O)(=O)CC1O. The normalized spacial score (nSPS) is 24.0. The van der Waals surface area contributed by atoms with Crippen molar-refractivity contribution in [2.24, 2.45) is 0 Å². The quantitative estimate of drug-likeness (QED) is 0.787. The van der Waals surface area contributed by atoms with Gasteiger partial charge in [0, 0.05) is 18.2 Å². The number of nitrogens with one attached hydrogen (secondary N) is 1. The van der Waals surface area contributed by atoms with Crippen molar-refractivity contribution in [2.45, 2.75) is 25.7 Å². The fourth-order valence-corrected chi connectivity index (χ4v) is 3.91. The molecule has 0 aromatic heterocycles. The lowest BCUT2D eigenvalue weighted by molar-refractivity contribution is 0.0729. The fourth-order valence-electron chi connectivity index (χ4n) is 2.25. The molecule has 21 heavy (non-hydrogen) atoms. The molecule has 1 aromatic rings. The maximum absolute atomic E-state index is 11.5. The molecule has 7 heteroatoms. The van der Waals surface area contributed by atoms with E-state index in [2.05, 4.69) is 5.32 Å². The number of aliphatic hydroxyl groups is 1.